The number of aliphatic carboxylic acids is 1. The molecule has 0 amide bonds. The second-order valence-electron chi connectivity index (χ2n) is 2.96. The highest BCUT2D eigenvalue weighted by molar-refractivity contribution is 5.89. The molecule has 0 atom stereocenters. The SMILES string of the molecule is O=C(O)/C(O)=C/c1cccc(C(F)(F)F)c1. The second kappa shape index (κ2) is 4.26. The molecule has 0 spiro atoms. The van der Waals surface area contributed by atoms with Crippen molar-refractivity contribution in [3.8, 4) is 0 Å². The quantitative estimate of drug-likeness (QED) is 0.608. The van der Waals surface area contributed by atoms with E-state index in [0.29, 0.717) is 0 Å². The summed E-state index contributed by atoms with van der Waals surface area (Å²) in [6, 6.07) is 3.99. The highest BCUT2D eigenvalue weighted by Gasteiger charge is 2.30. The van der Waals surface area contributed by atoms with Crippen molar-refractivity contribution in [3.05, 3.63) is 41.2 Å². The predicted molar refractivity (Wildman–Crippen MR) is 49.7 cm³/mol. The van der Waals surface area contributed by atoms with Crippen molar-refractivity contribution < 1.29 is 28.2 Å². The van der Waals surface area contributed by atoms with Crippen LogP contribution in [-0.2, 0) is 11.0 Å². The van der Waals surface area contributed by atoms with Crippen molar-refractivity contribution in [2.24, 2.45) is 0 Å². The van der Waals surface area contributed by atoms with Gasteiger partial charge in [0.05, 0.1) is 5.56 Å². The number of halogens is 3. The van der Waals surface area contributed by atoms with Crippen molar-refractivity contribution >= 4 is 12.0 Å². The lowest BCUT2D eigenvalue weighted by molar-refractivity contribution is -0.137. The standard InChI is InChI=1S/C10H7F3O3/c11-10(12,13)7-3-1-2-6(4-7)5-8(14)9(15)16/h1-5,14H,(H,15,16)/b8-5-. The van der Waals surface area contributed by atoms with Crippen LogP contribution in [0, 0.1) is 0 Å². The van der Waals surface area contributed by atoms with E-state index in [1.54, 1.807) is 0 Å². The Morgan fingerprint density at radius 2 is 1.88 bits per heavy atom. The number of alkyl halides is 3. The number of carboxylic acids is 1. The van der Waals surface area contributed by atoms with Gasteiger partial charge in [0, 0.05) is 0 Å². The topological polar surface area (TPSA) is 57.5 Å². The molecule has 1 rings (SSSR count). The number of aliphatic hydroxyl groups is 1. The zero-order chi connectivity index (χ0) is 12.3. The van der Waals surface area contributed by atoms with Crippen LogP contribution in [0.3, 0.4) is 0 Å². The van der Waals surface area contributed by atoms with Gasteiger partial charge in [-0.25, -0.2) is 4.79 Å². The molecular formula is C10H7F3O3. The van der Waals surface area contributed by atoms with Crippen molar-refractivity contribution in [2.45, 2.75) is 6.18 Å². The molecule has 0 bridgehead atoms. The lowest BCUT2D eigenvalue weighted by Gasteiger charge is -2.06. The fraction of sp³-hybridized carbons (Fsp3) is 0.100. The molecular weight excluding hydrogens is 225 g/mol. The first-order chi connectivity index (χ1) is 7.30. The number of carbonyl (C=O) groups is 1. The molecule has 0 saturated heterocycles. The maximum Gasteiger partial charge on any atom is 0.416 e. The first kappa shape index (κ1) is 12.1. The van der Waals surface area contributed by atoms with E-state index in [4.69, 9.17) is 10.2 Å². The Bertz CT molecular complexity index is 435. The van der Waals surface area contributed by atoms with E-state index in [-0.39, 0.29) is 5.56 Å². The molecule has 3 nitrogen and oxygen atoms in total. The van der Waals surface area contributed by atoms with Gasteiger partial charge in [0.15, 0.2) is 0 Å². The van der Waals surface area contributed by atoms with Crippen LogP contribution in [0.2, 0.25) is 0 Å². The van der Waals surface area contributed by atoms with Gasteiger partial charge in [-0.15, -0.1) is 0 Å². The third-order valence-electron chi connectivity index (χ3n) is 1.74. The molecule has 0 aliphatic heterocycles. The highest BCUT2D eigenvalue weighted by Crippen LogP contribution is 2.29. The van der Waals surface area contributed by atoms with Crippen LogP contribution >= 0.6 is 0 Å². The summed E-state index contributed by atoms with van der Waals surface area (Å²) in [6.45, 7) is 0. The second-order valence-corrected chi connectivity index (χ2v) is 2.96. The van der Waals surface area contributed by atoms with Gasteiger partial charge in [-0.3, -0.25) is 0 Å². The van der Waals surface area contributed by atoms with Crippen LogP contribution in [-0.4, -0.2) is 16.2 Å². The molecule has 0 aromatic heterocycles. The average Bonchev–Trinajstić information content (AvgIpc) is 2.16. The van der Waals surface area contributed by atoms with E-state index in [9.17, 15) is 18.0 Å². The fourth-order valence-electron chi connectivity index (χ4n) is 1.02. The normalized spacial score (nSPS) is 12.6. The summed E-state index contributed by atoms with van der Waals surface area (Å²) in [4.78, 5) is 10.2. The minimum Gasteiger partial charge on any atom is -0.502 e. The largest absolute Gasteiger partial charge is 0.502 e. The van der Waals surface area contributed by atoms with Crippen LogP contribution < -0.4 is 0 Å². The average molecular weight is 232 g/mol. The molecule has 16 heavy (non-hydrogen) atoms. The third-order valence-corrected chi connectivity index (χ3v) is 1.74. The minimum absolute atomic E-state index is 0.0327. The Kier molecular flexibility index (Phi) is 3.22. The first-order valence-electron chi connectivity index (χ1n) is 4.12. The van der Waals surface area contributed by atoms with Crippen LogP contribution in [0.25, 0.3) is 6.08 Å². The Morgan fingerprint density at radius 3 is 2.38 bits per heavy atom. The summed E-state index contributed by atoms with van der Waals surface area (Å²) in [7, 11) is 0. The van der Waals surface area contributed by atoms with Crippen molar-refractivity contribution in [2.75, 3.05) is 0 Å². The van der Waals surface area contributed by atoms with Gasteiger partial charge in [-0.2, -0.15) is 13.2 Å². The molecule has 6 heteroatoms. The predicted octanol–water partition coefficient (Wildman–Crippen LogP) is 2.69. The molecule has 0 saturated carbocycles. The molecule has 1 aromatic rings. The molecule has 0 aliphatic carbocycles. The van der Waals surface area contributed by atoms with Crippen molar-refractivity contribution in [3.63, 3.8) is 0 Å². The van der Waals surface area contributed by atoms with Gasteiger partial charge < -0.3 is 10.2 Å². The number of aliphatic hydroxyl groups excluding tert-OH is 1. The maximum absolute atomic E-state index is 12.3. The molecule has 0 radical (unpaired) electrons. The zero-order valence-electron chi connectivity index (χ0n) is 7.82. The summed E-state index contributed by atoms with van der Waals surface area (Å²) < 4.78 is 36.8. The third kappa shape index (κ3) is 3.01. The van der Waals surface area contributed by atoms with E-state index < -0.39 is 23.5 Å². The Balaban J connectivity index is 3.09. The smallest absolute Gasteiger partial charge is 0.416 e. The zero-order valence-corrected chi connectivity index (χ0v) is 7.82. The van der Waals surface area contributed by atoms with E-state index in [0.717, 1.165) is 24.3 Å². The van der Waals surface area contributed by atoms with Gasteiger partial charge in [-0.1, -0.05) is 12.1 Å². The molecule has 0 heterocycles. The fourth-order valence-corrected chi connectivity index (χ4v) is 1.02. The molecule has 0 fully saturated rings. The molecule has 0 unspecified atom stereocenters. The summed E-state index contributed by atoms with van der Waals surface area (Å²) in [5.74, 6) is -2.61. The van der Waals surface area contributed by atoms with Gasteiger partial charge in [0.1, 0.15) is 0 Å². The first-order valence-corrected chi connectivity index (χ1v) is 4.12. The number of hydrogen-bond donors (Lipinski definition) is 2. The van der Waals surface area contributed by atoms with E-state index in [1.807, 2.05) is 0 Å². The van der Waals surface area contributed by atoms with Crippen LogP contribution in [0.4, 0.5) is 13.2 Å². The Morgan fingerprint density at radius 1 is 1.25 bits per heavy atom. The number of rotatable bonds is 2. The molecule has 1 aromatic carbocycles. The molecule has 0 aliphatic rings. The molecule has 2 N–H and O–H groups in total. The lowest BCUT2D eigenvalue weighted by Crippen LogP contribution is -2.05. The number of hydrogen-bond acceptors (Lipinski definition) is 2. The van der Waals surface area contributed by atoms with Gasteiger partial charge >= 0.3 is 12.1 Å². The van der Waals surface area contributed by atoms with Gasteiger partial charge in [0.2, 0.25) is 5.76 Å². The van der Waals surface area contributed by atoms with Gasteiger partial charge in [0.25, 0.3) is 0 Å². The number of benzene rings is 1. The van der Waals surface area contributed by atoms with Crippen molar-refractivity contribution in [1.29, 1.82) is 0 Å². The van der Waals surface area contributed by atoms with Crippen LogP contribution in [0.15, 0.2) is 30.0 Å². The van der Waals surface area contributed by atoms with Crippen molar-refractivity contribution in [1.82, 2.24) is 0 Å². The van der Waals surface area contributed by atoms with E-state index >= 15 is 0 Å². The lowest BCUT2D eigenvalue weighted by atomic mass is 10.1. The summed E-state index contributed by atoms with van der Waals surface area (Å²) in [5, 5.41) is 17.2. The summed E-state index contributed by atoms with van der Waals surface area (Å²) in [5.41, 5.74) is -0.936. The number of carboxylic acid groups (broad SMARTS) is 1. The summed E-state index contributed by atoms with van der Waals surface area (Å²) in [6.07, 6.45) is -3.75. The van der Waals surface area contributed by atoms with Crippen LogP contribution in [0.1, 0.15) is 11.1 Å². The summed E-state index contributed by atoms with van der Waals surface area (Å²) >= 11 is 0. The molecule has 86 valence electrons. The Hall–Kier alpha value is -1.98. The van der Waals surface area contributed by atoms with E-state index in [1.165, 1.54) is 6.07 Å². The highest BCUT2D eigenvalue weighted by atomic mass is 19.4. The van der Waals surface area contributed by atoms with Gasteiger partial charge in [-0.05, 0) is 23.8 Å². The van der Waals surface area contributed by atoms with Crippen LogP contribution in [0.5, 0.6) is 0 Å². The van der Waals surface area contributed by atoms with E-state index in [2.05, 4.69) is 0 Å². The Labute approximate surface area is 88.4 Å². The monoisotopic (exact) mass is 232 g/mol. The maximum atomic E-state index is 12.3. The minimum atomic E-state index is -4.50.